The summed E-state index contributed by atoms with van der Waals surface area (Å²) in [5.74, 6) is -2.57. The van der Waals surface area contributed by atoms with E-state index in [1.165, 1.54) is 0 Å². The first-order valence-corrected chi connectivity index (χ1v) is 3.54. The first-order valence-electron chi connectivity index (χ1n) is 3.54. The number of ether oxygens (including phenoxy) is 1. The van der Waals surface area contributed by atoms with Crippen molar-refractivity contribution in [3.8, 4) is 0 Å². The van der Waals surface area contributed by atoms with Gasteiger partial charge in [0.1, 0.15) is 6.42 Å². The Labute approximate surface area is 74.7 Å². The Kier molecular flexibility index (Phi) is 4.68. The summed E-state index contributed by atoms with van der Waals surface area (Å²) in [6.07, 6.45) is -0.958. The van der Waals surface area contributed by atoms with E-state index in [2.05, 4.69) is 4.74 Å². The predicted octanol–water partition coefficient (Wildman–Crippen LogP) is -1.08. The molecule has 6 heteroatoms. The molecular formula is C7H11NO5. The van der Waals surface area contributed by atoms with Crippen LogP contribution in [0, 0.1) is 0 Å². The van der Waals surface area contributed by atoms with E-state index in [4.69, 9.17) is 10.8 Å². The fourth-order valence-electron chi connectivity index (χ4n) is 0.657. The number of nitrogens with two attached hydrogens (primary N) is 1. The zero-order chi connectivity index (χ0) is 10.4. The maximum absolute atomic E-state index is 10.9. The summed E-state index contributed by atoms with van der Waals surface area (Å²) >= 11 is 0. The van der Waals surface area contributed by atoms with Crippen LogP contribution < -0.4 is 5.73 Å². The molecule has 0 saturated carbocycles. The van der Waals surface area contributed by atoms with Crippen molar-refractivity contribution >= 4 is 17.7 Å². The standard InChI is InChI=1S/C7H11NO5/c1-13-7(12)2-4(8)5(9)3-6(10)11/h4H,2-3,8H2,1H3,(H,10,11). The van der Waals surface area contributed by atoms with Crippen LogP contribution in [0.25, 0.3) is 0 Å². The van der Waals surface area contributed by atoms with E-state index in [1.54, 1.807) is 0 Å². The molecule has 0 aromatic rings. The summed E-state index contributed by atoms with van der Waals surface area (Å²) in [7, 11) is 1.16. The Bertz CT molecular complexity index is 225. The highest BCUT2D eigenvalue weighted by molar-refractivity contribution is 5.99. The minimum Gasteiger partial charge on any atom is -0.481 e. The third kappa shape index (κ3) is 4.91. The maximum atomic E-state index is 10.9. The first kappa shape index (κ1) is 11.6. The van der Waals surface area contributed by atoms with Crippen molar-refractivity contribution < 1.29 is 24.2 Å². The van der Waals surface area contributed by atoms with Crippen LogP contribution in [0.1, 0.15) is 12.8 Å². The van der Waals surface area contributed by atoms with E-state index >= 15 is 0 Å². The lowest BCUT2D eigenvalue weighted by Gasteiger charge is -2.06. The van der Waals surface area contributed by atoms with Crippen LogP contribution in [0.4, 0.5) is 0 Å². The second-order valence-electron chi connectivity index (χ2n) is 2.42. The molecule has 0 saturated heterocycles. The number of aliphatic carboxylic acids is 1. The van der Waals surface area contributed by atoms with Gasteiger partial charge in [0.25, 0.3) is 0 Å². The van der Waals surface area contributed by atoms with Gasteiger partial charge in [-0.05, 0) is 0 Å². The minimum atomic E-state index is -1.26. The second-order valence-corrected chi connectivity index (χ2v) is 2.42. The predicted molar refractivity (Wildman–Crippen MR) is 41.9 cm³/mol. The number of esters is 1. The number of rotatable bonds is 5. The van der Waals surface area contributed by atoms with E-state index in [0.717, 1.165) is 7.11 Å². The largest absolute Gasteiger partial charge is 0.481 e. The zero-order valence-corrected chi connectivity index (χ0v) is 7.15. The Hall–Kier alpha value is -1.43. The van der Waals surface area contributed by atoms with Crippen LogP contribution >= 0.6 is 0 Å². The van der Waals surface area contributed by atoms with Crippen molar-refractivity contribution in [2.24, 2.45) is 5.73 Å². The lowest BCUT2D eigenvalue weighted by Crippen LogP contribution is -2.34. The summed E-state index contributed by atoms with van der Waals surface area (Å²) in [5, 5.41) is 8.23. The first-order chi connectivity index (χ1) is 5.97. The average Bonchev–Trinajstić information content (AvgIpc) is 2.02. The number of methoxy groups -OCH3 is 1. The van der Waals surface area contributed by atoms with E-state index < -0.39 is 30.2 Å². The topological polar surface area (TPSA) is 107 Å². The highest BCUT2D eigenvalue weighted by Gasteiger charge is 2.19. The van der Waals surface area contributed by atoms with Crippen LogP contribution in [0.2, 0.25) is 0 Å². The lowest BCUT2D eigenvalue weighted by atomic mass is 10.1. The molecule has 0 aromatic heterocycles. The fourth-order valence-corrected chi connectivity index (χ4v) is 0.657. The van der Waals surface area contributed by atoms with Crippen molar-refractivity contribution in [2.75, 3.05) is 7.11 Å². The number of carbonyl (C=O) groups excluding carboxylic acids is 2. The van der Waals surface area contributed by atoms with Crippen LogP contribution in [0.15, 0.2) is 0 Å². The number of carboxylic acids is 1. The summed E-state index contributed by atoms with van der Waals surface area (Å²) in [6, 6.07) is -1.09. The number of hydrogen-bond acceptors (Lipinski definition) is 5. The van der Waals surface area contributed by atoms with Gasteiger partial charge in [-0.3, -0.25) is 14.4 Å². The Morgan fingerprint density at radius 3 is 2.38 bits per heavy atom. The Morgan fingerprint density at radius 1 is 1.46 bits per heavy atom. The molecule has 6 nitrogen and oxygen atoms in total. The molecule has 1 atom stereocenters. The van der Waals surface area contributed by atoms with Crippen molar-refractivity contribution in [3.63, 3.8) is 0 Å². The molecule has 1 unspecified atom stereocenters. The Morgan fingerprint density at radius 2 is 2.00 bits per heavy atom. The second kappa shape index (κ2) is 5.26. The molecule has 0 fully saturated rings. The van der Waals surface area contributed by atoms with Gasteiger partial charge < -0.3 is 15.6 Å². The summed E-state index contributed by atoms with van der Waals surface area (Å²) in [6.45, 7) is 0. The number of Topliss-reactive ketones (excluding diaryl/α,β-unsaturated/α-hetero) is 1. The summed E-state index contributed by atoms with van der Waals surface area (Å²) in [5.41, 5.74) is 5.23. The lowest BCUT2D eigenvalue weighted by molar-refractivity contribution is -0.145. The van der Waals surface area contributed by atoms with Gasteiger partial charge in [0, 0.05) is 0 Å². The van der Waals surface area contributed by atoms with Crippen molar-refractivity contribution in [3.05, 3.63) is 0 Å². The molecule has 0 aliphatic carbocycles. The summed E-state index contributed by atoms with van der Waals surface area (Å²) < 4.78 is 4.26. The van der Waals surface area contributed by atoms with Crippen molar-refractivity contribution in [2.45, 2.75) is 18.9 Å². The number of carboxylic acid groups (broad SMARTS) is 1. The molecule has 0 bridgehead atoms. The van der Waals surface area contributed by atoms with E-state index in [9.17, 15) is 14.4 Å². The third-order valence-corrected chi connectivity index (χ3v) is 1.35. The molecule has 0 aliphatic rings. The van der Waals surface area contributed by atoms with Gasteiger partial charge in [-0.2, -0.15) is 0 Å². The molecule has 0 amide bonds. The quantitative estimate of drug-likeness (QED) is 0.421. The van der Waals surface area contributed by atoms with Crippen LogP contribution in [-0.4, -0.2) is 36.0 Å². The molecule has 3 N–H and O–H groups in total. The highest BCUT2D eigenvalue weighted by atomic mass is 16.5. The van der Waals surface area contributed by atoms with E-state index in [-0.39, 0.29) is 6.42 Å². The molecule has 0 radical (unpaired) electrons. The van der Waals surface area contributed by atoms with Gasteiger partial charge >= 0.3 is 11.9 Å². The van der Waals surface area contributed by atoms with Crippen LogP contribution in [0.5, 0.6) is 0 Å². The molecule has 0 rings (SSSR count). The van der Waals surface area contributed by atoms with Gasteiger partial charge in [-0.25, -0.2) is 0 Å². The number of ketones is 1. The third-order valence-electron chi connectivity index (χ3n) is 1.35. The van der Waals surface area contributed by atoms with Gasteiger partial charge in [0.2, 0.25) is 0 Å². The maximum Gasteiger partial charge on any atom is 0.310 e. The van der Waals surface area contributed by atoms with Gasteiger partial charge in [-0.1, -0.05) is 0 Å². The van der Waals surface area contributed by atoms with Crippen LogP contribution in [0.3, 0.4) is 0 Å². The number of hydrogen-bond donors (Lipinski definition) is 2. The average molecular weight is 189 g/mol. The van der Waals surface area contributed by atoms with Gasteiger partial charge in [0.15, 0.2) is 5.78 Å². The molecular weight excluding hydrogens is 178 g/mol. The molecule has 74 valence electrons. The molecule has 0 spiro atoms. The van der Waals surface area contributed by atoms with Gasteiger partial charge in [-0.15, -0.1) is 0 Å². The molecule has 13 heavy (non-hydrogen) atoms. The molecule has 0 aliphatic heterocycles. The molecule has 0 aromatic carbocycles. The normalized spacial score (nSPS) is 11.8. The fraction of sp³-hybridized carbons (Fsp3) is 0.571. The van der Waals surface area contributed by atoms with E-state index in [0.29, 0.717) is 0 Å². The Balaban J connectivity index is 3.96. The van der Waals surface area contributed by atoms with Crippen molar-refractivity contribution in [1.29, 1.82) is 0 Å². The zero-order valence-electron chi connectivity index (χ0n) is 7.15. The van der Waals surface area contributed by atoms with Gasteiger partial charge in [0.05, 0.1) is 19.6 Å². The summed E-state index contributed by atoms with van der Waals surface area (Å²) in [4.78, 5) is 31.6. The SMILES string of the molecule is COC(=O)CC(N)C(=O)CC(=O)O. The van der Waals surface area contributed by atoms with E-state index in [1.807, 2.05) is 0 Å². The highest BCUT2D eigenvalue weighted by Crippen LogP contribution is 1.96. The minimum absolute atomic E-state index is 0.289. The molecule has 0 heterocycles. The van der Waals surface area contributed by atoms with Crippen molar-refractivity contribution in [1.82, 2.24) is 0 Å². The smallest absolute Gasteiger partial charge is 0.310 e. The van der Waals surface area contributed by atoms with Crippen LogP contribution in [-0.2, 0) is 19.1 Å². The monoisotopic (exact) mass is 189 g/mol. The number of carbonyl (C=O) groups is 3.